The molecule has 0 spiro atoms. The average molecular weight is 340 g/mol. The molecule has 0 fully saturated rings. The van der Waals surface area contributed by atoms with Crippen LogP contribution in [-0.2, 0) is 14.4 Å². The van der Waals surface area contributed by atoms with Gasteiger partial charge in [0.25, 0.3) is 0 Å². The molecule has 0 aromatic heterocycles. The highest BCUT2D eigenvalue weighted by molar-refractivity contribution is 5.97. The van der Waals surface area contributed by atoms with E-state index in [-0.39, 0.29) is 30.7 Å². The van der Waals surface area contributed by atoms with Crippen molar-refractivity contribution in [2.45, 2.75) is 43.6 Å². The van der Waals surface area contributed by atoms with E-state index in [9.17, 15) is 24.6 Å². The third-order valence-electron chi connectivity index (χ3n) is 3.54. The molecule has 0 bridgehead atoms. The number of quaternary nitrogens is 1. The minimum atomic E-state index is -1.26. The second kappa shape index (κ2) is 8.97. The Morgan fingerprint density at radius 1 is 1.46 bits per heavy atom. The van der Waals surface area contributed by atoms with E-state index in [0.717, 1.165) is 0 Å². The third kappa shape index (κ3) is 5.31. The van der Waals surface area contributed by atoms with Gasteiger partial charge in [0.15, 0.2) is 0 Å². The van der Waals surface area contributed by atoms with E-state index in [2.05, 4.69) is 16.4 Å². The second-order valence-electron chi connectivity index (χ2n) is 5.44. The Morgan fingerprint density at radius 2 is 2.12 bits per heavy atom. The topological polar surface area (TPSA) is 193 Å². The van der Waals surface area contributed by atoms with Crippen molar-refractivity contribution < 1.29 is 30.3 Å². The van der Waals surface area contributed by atoms with Crippen LogP contribution in [0.3, 0.4) is 0 Å². The molecule has 10 nitrogen and oxygen atoms in total. The largest absolute Gasteiger partial charge is 0.390 e. The second-order valence-corrected chi connectivity index (χ2v) is 5.44. The number of hydrogen-bond acceptors (Lipinski definition) is 6. The lowest BCUT2D eigenvalue weighted by Gasteiger charge is -2.31. The third-order valence-corrected chi connectivity index (χ3v) is 3.54. The number of nitrogens with one attached hydrogen (secondary N) is 2. The molecule has 10 heteroatoms. The molecular weight excluding hydrogens is 318 g/mol. The molecule has 9 N–H and O–H groups in total. The maximum Gasteiger partial charge on any atom is 0.247 e. The van der Waals surface area contributed by atoms with Crippen molar-refractivity contribution in [2.24, 2.45) is 5.73 Å². The van der Waals surface area contributed by atoms with Crippen LogP contribution in [0.1, 0.15) is 19.3 Å². The summed E-state index contributed by atoms with van der Waals surface area (Å²) in [5.74, 6) is -1.93. The molecular formula is C14H22N5O5+. The molecule has 0 aliphatic heterocycles. The molecule has 1 aliphatic carbocycles. The molecule has 4 atom stereocenters. The molecule has 0 heterocycles. The monoisotopic (exact) mass is 340 g/mol. The zero-order chi connectivity index (χ0) is 18.3. The van der Waals surface area contributed by atoms with Crippen molar-refractivity contribution in [3.05, 3.63) is 11.6 Å². The maximum atomic E-state index is 12.2. The molecule has 132 valence electrons. The first-order chi connectivity index (χ1) is 11.3. The predicted molar refractivity (Wildman–Crippen MR) is 80.4 cm³/mol. The van der Waals surface area contributed by atoms with Gasteiger partial charge in [-0.2, -0.15) is 5.26 Å². The van der Waals surface area contributed by atoms with Crippen LogP contribution >= 0.6 is 0 Å². The molecule has 0 unspecified atom stereocenters. The van der Waals surface area contributed by atoms with Crippen LogP contribution in [0.15, 0.2) is 11.6 Å². The van der Waals surface area contributed by atoms with Crippen LogP contribution in [0.4, 0.5) is 0 Å². The van der Waals surface area contributed by atoms with Crippen molar-refractivity contribution >= 4 is 17.7 Å². The van der Waals surface area contributed by atoms with Crippen LogP contribution in [0.5, 0.6) is 0 Å². The zero-order valence-corrected chi connectivity index (χ0v) is 13.1. The predicted octanol–water partition coefficient (Wildman–Crippen LogP) is -3.96. The quantitative estimate of drug-likeness (QED) is 0.273. The number of primary amides is 1. The van der Waals surface area contributed by atoms with Crippen molar-refractivity contribution in [1.29, 1.82) is 5.26 Å². The minimum Gasteiger partial charge on any atom is -0.390 e. The first kappa shape index (κ1) is 19.6. The summed E-state index contributed by atoms with van der Waals surface area (Å²) in [6.07, 6.45) is -1.51. The average Bonchev–Trinajstić information content (AvgIpc) is 2.51. The normalized spacial score (nSPS) is 24.2. The van der Waals surface area contributed by atoms with Gasteiger partial charge in [-0.25, -0.2) is 0 Å². The van der Waals surface area contributed by atoms with Gasteiger partial charge in [-0.05, 0) is 0 Å². The number of hydrogen-bond donors (Lipinski definition) is 6. The number of nitrogens with zero attached hydrogens (tertiary/aromatic N) is 1. The Kier molecular flexibility index (Phi) is 7.31. The molecule has 0 aromatic rings. The van der Waals surface area contributed by atoms with Gasteiger partial charge in [0.05, 0.1) is 37.6 Å². The molecule has 0 aromatic carbocycles. The van der Waals surface area contributed by atoms with Gasteiger partial charge in [-0.1, -0.05) is 6.08 Å². The van der Waals surface area contributed by atoms with Crippen molar-refractivity contribution in [1.82, 2.24) is 10.6 Å². The molecule has 0 saturated carbocycles. The van der Waals surface area contributed by atoms with Crippen molar-refractivity contribution in [3.63, 3.8) is 0 Å². The minimum absolute atomic E-state index is 0.0805. The van der Waals surface area contributed by atoms with E-state index in [4.69, 9.17) is 11.0 Å². The van der Waals surface area contributed by atoms with E-state index in [1.165, 1.54) is 6.08 Å². The highest BCUT2D eigenvalue weighted by atomic mass is 16.3. The van der Waals surface area contributed by atoms with Gasteiger partial charge in [0.2, 0.25) is 17.7 Å². The van der Waals surface area contributed by atoms with E-state index in [1.807, 2.05) is 0 Å². The van der Waals surface area contributed by atoms with Crippen LogP contribution in [0.25, 0.3) is 0 Å². The lowest BCUT2D eigenvalue weighted by atomic mass is 9.89. The first-order valence-electron chi connectivity index (χ1n) is 7.42. The Balaban J connectivity index is 2.87. The Hall–Kier alpha value is -2.48. The summed E-state index contributed by atoms with van der Waals surface area (Å²) < 4.78 is 0. The summed E-state index contributed by atoms with van der Waals surface area (Å²) in [6.45, 7) is 0.364. The van der Waals surface area contributed by atoms with E-state index in [0.29, 0.717) is 6.54 Å². The highest BCUT2D eigenvalue weighted by Gasteiger charge is 2.34. The van der Waals surface area contributed by atoms with Crippen LogP contribution in [0, 0.1) is 11.3 Å². The number of nitriles is 1. The molecule has 1 aliphatic rings. The Bertz CT molecular complexity index is 570. The summed E-state index contributed by atoms with van der Waals surface area (Å²) in [5.41, 5.74) is 8.72. The summed E-state index contributed by atoms with van der Waals surface area (Å²) >= 11 is 0. The van der Waals surface area contributed by atoms with Gasteiger partial charge in [-0.3, -0.25) is 14.4 Å². The van der Waals surface area contributed by atoms with E-state index < -0.39 is 36.1 Å². The molecule has 1 rings (SSSR count). The molecule has 24 heavy (non-hydrogen) atoms. The first-order valence-corrected chi connectivity index (χ1v) is 7.42. The summed E-state index contributed by atoms with van der Waals surface area (Å²) in [7, 11) is 0. The smallest absolute Gasteiger partial charge is 0.247 e. The summed E-state index contributed by atoms with van der Waals surface area (Å²) in [4.78, 5) is 35.0. The number of aliphatic hydroxyl groups excluding tert-OH is 2. The summed E-state index contributed by atoms with van der Waals surface area (Å²) in [5, 5.41) is 33.2. The molecule has 3 amide bonds. The lowest BCUT2D eigenvalue weighted by molar-refractivity contribution is -0.366. The van der Waals surface area contributed by atoms with Gasteiger partial charge >= 0.3 is 0 Å². The van der Waals surface area contributed by atoms with Crippen molar-refractivity contribution in [2.75, 3.05) is 6.54 Å². The molecule has 0 radical (unpaired) electrons. The summed E-state index contributed by atoms with van der Waals surface area (Å²) in [6, 6.07) is -0.373. The fraction of sp³-hybridized carbons (Fsp3) is 0.571. The molecule has 0 saturated heterocycles. The standard InChI is InChI=1S/C14H21N5O5/c15-3-1-8(13(17)23)19-14(24)7-5-9(12(22)10(20)6-7)18-11(21)2-4-16/h5,8-10,12,20,22H,1-2,4,6,16H2,(H2,17,23)(H,18,21)(H,19,24)/p+1/t8-,9-,10-,12-/m1/s1. The number of carbonyl (C=O) groups is 3. The SMILES string of the molecule is N#CC[C@@H](NC(=O)C1=C[C@@H](NC(=O)CC[NH3+])[C@@H](O)[C@H](O)C1)C(N)=O. The van der Waals surface area contributed by atoms with Crippen LogP contribution < -0.4 is 22.1 Å². The van der Waals surface area contributed by atoms with E-state index in [1.54, 1.807) is 6.07 Å². The van der Waals surface area contributed by atoms with Gasteiger partial charge < -0.3 is 32.3 Å². The highest BCUT2D eigenvalue weighted by Crippen LogP contribution is 2.20. The fourth-order valence-electron chi connectivity index (χ4n) is 2.25. The number of carbonyl (C=O) groups excluding carboxylic acids is 3. The number of nitrogens with two attached hydrogens (primary N) is 1. The maximum absolute atomic E-state index is 12.2. The van der Waals surface area contributed by atoms with Crippen LogP contribution in [0.2, 0.25) is 0 Å². The number of amides is 3. The number of aliphatic hydroxyl groups is 2. The number of rotatable bonds is 7. The Morgan fingerprint density at radius 3 is 2.67 bits per heavy atom. The van der Waals surface area contributed by atoms with Gasteiger partial charge in [0, 0.05) is 12.0 Å². The fourth-order valence-corrected chi connectivity index (χ4v) is 2.25. The van der Waals surface area contributed by atoms with Crippen LogP contribution in [-0.4, -0.2) is 58.8 Å². The van der Waals surface area contributed by atoms with E-state index >= 15 is 0 Å². The van der Waals surface area contributed by atoms with Gasteiger partial charge in [-0.15, -0.1) is 0 Å². The zero-order valence-electron chi connectivity index (χ0n) is 13.1. The Labute approximate surface area is 138 Å². The van der Waals surface area contributed by atoms with Crippen molar-refractivity contribution in [3.8, 4) is 6.07 Å². The van der Waals surface area contributed by atoms with Gasteiger partial charge in [0.1, 0.15) is 12.1 Å². The lowest BCUT2D eigenvalue weighted by Crippen LogP contribution is -2.55.